The number of amides is 1. The number of hydrazone groups is 1. The molecular weight excluding hydrogens is 488 g/mol. The van der Waals surface area contributed by atoms with Crippen LogP contribution in [0.25, 0.3) is 22.0 Å². The van der Waals surface area contributed by atoms with Crippen molar-refractivity contribution < 1.29 is 9.18 Å². The molecule has 5 rings (SSSR count). The molecule has 1 aliphatic heterocycles. The first-order valence-corrected chi connectivity index (χ1v) is 11.9. The molecule has 3 aromatic carbocycles. The van der Waals surface area contributed by atoms with Crippen molar-refractivity contribution in [3.8, 4) is 11.1 Å². The molecule has 5 nitrogen and oxygen atoms in total. The average Bonchev–Trinajstić information content (AvgIpc) is 3.30. The van der Waals surface area contributed by atoms with E-state index in [1.165, 1.54) is 17.1 Å². The van der Waals surface area contributed by atoms with Gasteiger partial charge in [0.2, 0.25) is 5.91 Å². The third kappa shape index (κ3) is 4.24. The molecule has 2 heterocycles. The van der Waals surface area contributed by atoms with E-state index in [1.807, 2.05) is 36.4 Å². The molecule has 0 saturated carbocycles. The molecule has 0 bridgehead atoms. The molecule has 1 aliphatic rings. The quantitative estimate of drug-likeness (QED) is 0.332. The van der Waals surface area contributed by atoms with Gasteiger partial charge < -0.3 is 4.98 Å². The summed E-state index contributed by atoms with van der Waals surface area (Å²) in [6.45, 7) is 1.74. The van der Waals surface area contributed by atoms with Crippen LogP contribution in [0.15, 0.2) is 76.6 Å². The van der Waals surface area contributed by atoms with Crippen LogP contribution in [0.4, 0.5) is 4.39 Å². The number of fused-ring (bicyclic) bond motifs is 1. The monoisotopic (exact) mass is 507 g/mol. The maximum absolute atomic E-state index is 13.8. The fourth-order valence-corrected chi connectivity index (χ4v) is 4.78. The first kappa shape index (κ1) is 23.3. The van der Waals surface area contributed by atoms with Gasteiger partial charge in [-0.25, -0.2) is 9.40 Å². The van der Waals surface area contributed by atoms with E-state index >= 15 is 0 Å². The number of H-pyrrole nitrogens is 1. The minimum absolute atomic E-state index is 0.0368. The Bertz CT molecular complexity index is 1550. The van der Waals surface area contributed by atoms with E-state index < -0.39 is 11.9 Å². The number of aromatic nitrogens is 1. The lowest BCUT2D eigenvalue weighted by Gasteiger charge is -2.21. The van der Waals surface area contributed by atoms with Crippen molar-refractivity contribution in [2.24, 2.45) is 5.10 Å². The zero-order valence-electron chi connectivity index (χ0n) is 18.7. The summed E-state index contributed by atoms with van der Waals surface area (Å²) in [5.74, 6) is -0.755. The Morgan fingerprint density at radius 1 is 1.09 bits per heavy atom. The molecule has 1 N–H and O–H groups in total. The summed E-state index contributed by atoms with van der Waals surface area (Å²) < 4.78 is 13.8. The van der Waals surface area contributed by atoms with E-state index in [-0.39, 0.29) is 29.3 Å². The Hall–Kier alpha value is -3.48. The van der Waals surface area contributed by atoms with Crippen LogP contribution in [0.1, 0.15) is 36.9 Å². The van der Waals surface area contributed by atoms with Gasteiger partial charge in [-0.1, -0.05) is 66.5 Å². The van der Waals surface area contributed by atoms with Crippen LogP contribution in [-0.2, 0) is 4.79 Å². The summed E-state index contributed by atoms with van der Waals surface area (Å²) in [6.07, 6.45) is 0.496. The number of hydrogen-bond acceptors (Lipinski definition) is 3. The first-order valence-electron chi connectivity index (χ1n) is 11.1. The number of hydrogen-bond donors (Lipinski definition) is 1. The predicted octanol–water partition coefficient (Wildman–Crippen LogP) is 6.73. The largest absolute Gasteiger partial charge is 0.321 e. The number of rotatable bonds is 4. The minimum atomic E-state index is -0.543. The van der Waals surface area contributed by atoms with Gasteiger partial charge in [0.1, 0.15) is 5.82 Å². The van der Waals surface area contributed by atoms with Gasteiger partial charge in [0, 0.05) is 34.3 Å². The number of para-hydroxylation sites is 1. The van der Waals surface area contributed by atoms with Crippen LogP contribution < -0.4 is 5.56 Å². The number of carbonyl (C=O) groups excluding carboxylic acids is 1. The third-order valence-corrected chi connectivity index (χ3v) is 6.68. The molecule has 1 amide bonds. The van der Waals surface area contributed by atoms with Crippen LogP contribution in [0.5, 0.6) is 0 Å². The molecule has 0 radical (unpaired) electrons. The number of aromatic amines is 1. The van der Waals surface area contributed by atoms with Gasteiger partial charge in [0.05, 0.1) is 22.3 Å². The summed E-state index contributed by atoms with van der Waals surface area (Å²) in [4.78, 5) is 29.2. The standard InChI is InChI=1S/C27H20Cl2FN3O2/c1-2-24(34)33-23(16-9-12-20(30)19(29)13-16)14-22(32-33)26-25(15-7-10-17(28)11-8-15)18-5-3-4-6-21(18)31-27(26)35/h3-13,23H,2,14H2,1H3,(H,31,35)/t23-/m0/s1. The fourth-order valence-electron chi connectivity index (χ4n) is 4.47. The summed E-state index contributed by atoms with van der Waals surface area (Å²) in [6, 6.07) is 18.6. The Labute approximate surface area is 210 Å². The second-order valence-electron chi connectivity index (χ2n) is 8.29. The smallest absolute Gasteiger partial charge is 0.258 e. The van der Waals surface area contributed by atoms with Crippen molar-refractivity contribution in [1.29, 1.82) is 0 Å². The van der Waals surface area contributed by atoms with E-state index in [2.05, 4.69) is 10.1 Å². The molecule has 0 aliphatic carbocycles. The zero-order valence-corrected chi connectivity index (χ0v) is 20.2. The normalized spacial score (nSPS) is 15.5. The third-order valence-electron chi connectivity index (χ3n) is 6.14. The number of nitrogens with one attached hydrogen (secondary N) is 1. The van der Waals surface area contributed by atoms with Gasteiger partial charge in [-0.15, -0.1) is 0 Å². The van der Waals surface area contributed by atoms with Crippen LogP contribution in [-0.4, -0.2) is 21.6 Å². The molecule has 1 atom stereocenters. The van der Waals surface area contributed by atoms with Gasteiger partial charge in [0.15, 0.2) is 0 Å². The van der Waals surface area contributed by atoms with Crippen LogP contribution in [0.2, 0.25) is 10.0 Å². The number of benzene rings is 3. The summed E-state index contributed by atoms with van der Waals surface area (Å²) in [5.41, 5.74) is 3.38. The number of nitrogens with zero attached hydrogens (tertiary/aromatic N) is 2. The number of halogens is 3. The van der Waals surface area contributed by atoms with Crippen molar-refractivity contribution in [3.63, 3.8) is 0 Å². The van der Waals surface area contributed by atoms with E-state index in [9.17, 15) is 14.0 Å². The van der Waals surface area contributed by atoms with Gasteiger partial charge >= 0.3 is 0 Å². The van der Waals surface area contributed by atoms with Crippen molar-refractivity contribution in [3.05, 3.63) is 104 Å². The van der Waals surface area contributed by atoms with Crippen molar-refractivity contribution in [1.82, 2.24) is 9.99 Å². The molecule has 0 spiro atoms. The van der Waals surface area contributed by atoms with Crippen molar-refractivity contribution in [2.75, 3.05) is 0 Å². The zero-order chi connectivity index (χ0) is 24.7. The van der Waals surface area contributed by atoms with Gasteiger partial charge in [-0.3, -0.25) is 9.59 Å². The highest BCUT2D eigenvalue weighted by Crippen LogP contribution is 2.38. The highest BCUT2D eigenvalue weighted by atomic mass is 35.5. The molecule has 0 saturated heterocycles. The van der Waals surface area contributed by atoms with E-state index in [0.29, 0.717) is 32.9 Å². The van der Waals surface area contributed by atoms with Crippen LogP contribution >= 0.6 is 23.2 Å². The number of pyridine rings is 1. The van der Waals surface area contributed by atoms with E-state index in [4.69, 9.17) is 23.2 Å². The van der Waals surface area contributed by atoms with E-state index in [0.717, 1.165) is 10.9 Å². The number of carbonyl (C=O) groups is 1. The molecule has 1 aromatic heterocycles. The second kappa shape index (κ2) is 9.29. The molecular formula is C27H20Cl2FN3O2. The van der Waals surface area contributed by atoms with Gasteiger partial charge in [0.25, 0.3) is 5.56 Å². The lowest BCUT2D eigenvalue weighted by Crippen LogP contribution is -2.26. The lowest BCUT2D eigenvalue weighted by molar-refractivity contribution is -0.132. The SMILES string of the molecule is CCC(=O)N1N=C(c2c(-c3ccc(Cl)cc3)c3ccccc3[nH]c2=O)C[C@H]1c1ccc(F)c(Cl)c1. The summed E-state index contributed by atoms with van der Waals surface area (Å²) in [5, 5.41) is 7.39. The first-order chi connectivity index (χ1) is 16.9. The van der Waals surface area contributed by atoms with Crippen molar-refractivity contribution in [2.45, 2.75) is 25.8 Å². The Morgan fingerprint density at radius 2 is 1.83 bits per heavy atom. The van der Waals surface area contributed by atoms with Crippen LogP contribution in [0, 0.1) is 5.82 Å². The van der Waals surface area contributed by atoms with Gasteiger partial charge in [-0.2, -0.15) is 5.10 Å². The minimum Gasteiger partial charge on any atom is -0.321 e. The lowest BCUT2D eigenvalue weighted by atomic mass is 9.91. The predicted molar refractivity (Wildman–Crippen MR) is 137 cm³/mol. The second-order valence-corrected chi connectivity index (χ2v) is 9.13. The molecule has 8 heteroatoms. The van der Waals surface area contributed by atoms with Gasteiger partial charge in [-0.05, 0) is 41.5 Å². The maximum atomic E-state index is 13.8. The maximum Gasteiger partial charge on any atom is 0.258 e. The molecule has 0 unspecified atom stereocenters. The Morgan fingerprint density at radius 3 is 2.54 bits per heavy atom. The highest BCUT2D eigenvalue weighted by Gasteiger charge is 2.35. The molecule has 176 valence electrons. The Kier molecular flexibility index (Phi) is 6.17. The fraction of sp³-hybridized carbons (Fsp3) is 0.148. The molecule has 4 aromatic rings. The summed E-state index contributed by atoms with van der Waals surface area (Å²) >= 11 is 12.2. The molecule has 0 fully saturated rings. The highest BCUT2D eigenvalue weighted by molar-refractivity contribution is 6.31. The Balaban J connectivity index is 1.72. The average molecular weight is 508 g/mol. The topological polar surface area (TPSA) is 65.5 Å². The molecule has 35 heavy (non-hydrogen) atoms. The van der Waals surface area contributed by atoms with E-state index in [1.54, 1.807) is 25.1 Å². The summed E-state index contributed by atoms with van der Waals surface area (Å²) in [7, 11) is 0. The van der Waals surface area contributed by atoms with Crippen molar-refractivity contribution >= 4 is 45.7 Å². The van der Waals surface area contributed by atoms with Crippen LogP contribution in [0.3, 0.4) is 0 Å².